The van der Waals surface area contributed by atoms with Gasteiger partial charge in [-0.25, -0.2) is 0 Å². The minimum absolute atomic E-state index is 0.535. The highest BCUT2D eigenvalue weighted by Crippen LogP contribution is 2.59. The van der Waals surface area contributed by atoms with Gasteiger partial charge in [-0.15, -0.1) is 0 Å². The number of nitrogen functional groups attached to an aromatic ring is 1. The van der Waals surface area contributed by atoms with Gasteiger partial charge in [-0.05, 0) is 79.9 Å². The van der Waals surface area contributed by atoms with Crippen LogP contribution in [0.1, 0.15) is 22.3 Å². The molecule has 7 aromatic carbocycles. The molecule has 0 bridgehead atoms. The summed E-state index contributed by atoms with van der Waals surface area (Å²) in [7, 11) is 0. The predicted octanol–water partition coefficient (Wildman–Crippen LogP) is 10.9. The molecule has 1 aliphatic carbocycles. The standard InChI is InChI=1S/C43H29NO/c44-33-23-24-35-37(27-33)43(31-13-6-2-7-14-31,32-15-8-3-9-16-32)36-25-26-39-42(40(35)36)41-34(17-10-18-38(41)45-39)30-21-19-29(20-22-30)28-11-4-1-5-12-28/h1-27H,44H2. The van der Waals surface area contributed by atoms with E-state index in [4.69, 9.17) is 10.2 Å². The highest BCUT2D eigenvalue weighted by atomic mass is 16.3. The van der Waals surface area contributed by atoms with Gasteiger partial charge in [-0.1, -0.05) is 140 Å². The van der Waals surface area contributed by atoms with Crippen LogP contribution in [-0.4, -0.2) is 0 Å². The summed E-state index contributed by atoms with van der Waals surface area (Å²) in [5.41, 5.74) is 20.5. The Morgan fingerprint density at radius 2 is 1.02 bits per heavy atom. The Balaban J connectivity index is 1.38. The monoisotopic (exact) mass is 575 g/mol. The first-order chi connectivity index (χ1) is 22.2. The van der Waals surface area contributed by atoms with Crippen molar-refractivity contribution in [2.75, 3.05) is 5.73 Å². The van der Waals surface area contributed by atoms with Crippen LogP contribution in [0.2, 0.25) is 0 Å². The van der Waals surface area contributed by atoms with Crippen LogP contribution in [0.25, 0.3) is 55.3 Å². The minimum Gasteiger partial charge on any atom is -0.456 e. The number of fused-ring (bicyclic) bond motifs is 7. The van der Waals surface area contributed by atoms with E-state index in [1.807, 2.05) is 6.07 Å². The lowest BCUT2D eigenvalue weighted by Gasteiger charge is -2.34. The third-order valence-corrected chi connectivity index (χ3v) is 9.50. The van der Waals surface area contributed by atoms with Crippen LogP contribution in [0.5, 0.6) is 0 Å². The van der Waals surface area contributed by atoms with E-state index >= 15 is 0 Å². The predicted molar refractivity (Wildman–Crippen MR) is 186 cm³/mol. The fourth-order valence-corrected chi connectivity index (χ4v) is 7.62. The number of nitrogens with two attached hydrogens (primary N) is 1. The fraction of sp³-hybridized carbons (Fsp3) is 0.0233. The Labute approximate surface area is 262 Å². The van der Waals surface area contributed by atoms with Gasteiger partial charge < -0.3 is 10.2 Å². The van der Waals surface area contributed by atoms with Crippen LogP contribution >= 0.6 is 0 Å². The van der Waals surface area contributed by atoms with Gasteiger partial charge in [0.1, 0.15) is 11.2 Å². The van der Waals surface area contributed by atoms with Crippen molar-refractivity contribution in [2.45, 2.75) is 5.41 Å². The van der Waals surface area contributed by atoms with Crippen LogP contribution < -0.4 is 5.73 Å². The van der Waals surface area contributed by atoms with E-state index in [2.05, 4.69) is 158 Å². The molecule has 1 aromatic heterocycles. The summed E-state index contributed by atoms with van der Waals surface area (Å²) in [6, 6.07) is 58.3. The summed E-state index contributed by atoms with van der Waals surface area (Å²) in [6.07, 6.45) is 0. The molecule has 2 N–H and O–H groups in total. The number of anilines is 1. The molecule has 8 aromatic rings. The summed E-state index contributed by atoms with van der Waals surface area (Å²) < 4.78 is 6.63. The van der Waals surface area contributed by atoms with Gasteiger partial charge in [-0.3, -0.25) is 0 Å². The molecule has 2 heteroatoms. The minimum atomic E-state index is -0.535. The number of benzene rings is 7. The molecule has 0 saturated carbocycles. The van der Waals surface area contributed by atoms with E-state index in [-0.39, 0.29) is 0 Å². The number of hydrogen-bond acceptors (Lipinski definition) is 2. The Morgan fingerprint density at radius 3 is 1.71 bits per heavy atom. The zero-order valence-corrected chi connectivity index (χ0v) is 24.6. The lowest BCUT2D eigenvalue weighted by atomic mass is 9.67. The highest BCUT2D eigenvalue weighted by Gasteiger charge is 2.47. The van der Waals surface area contributed by atoms with E-state index in [1.165, 1.54) is 44.5 Å². The normalized spacial score (nSPS) is 13.2. The summed E-state index contributed by atoms with van der Waals surface area (Å²) >= 11 is 0. The van der Waals surface area contributed by atoms with Crippen LogP contribution in [0.3, 0.4) is 0 Å². The van der Waals surface area contributed by atoms with E-state index in [0.717, 1.165) is 38.8 Å². The maximum Gasteiger partial charge on any atom is 0.136 e. The zero-order valence-electron chi connectivity index (χ0n) is 24.6. The molecular weight excluding hydrogens is 546 g/mol. The van der Waals surface area contributed by atoms with Gasteiger partial charge in [0.05, 0.1) is 5.41 Å². The van der Waals surface area contributed by atoms with E-state index in [1.54, 1.807) is 0 Å². The van der Waals surface area contributed by atoms with Crippen LogP contribution in [0.4, 0.5) is 5.69 Å². The van der Waals surface area contributed by atoms with Crippen molar-refractivity contribution in [1.82, 2.24) is 0 Å². The summed E-state index contributed by atoms with van der Waals surface area (Å²) in [5, 5.41) is 2.28. The van der Waals surface area contributed by atoms with Gasteiger partial charge in [0, 0.05) is 16.5 Å². The average molecular weight is 576 g/mol. The Kier molecular flexibility index (Phi) is 5.60. The van der Waals surface area contributed by atoms with Crippen molar-refractivity contribution in [3.63, 3.8) is 0 Å². The zero-order chi connectivity index (χ0) is 30.0. The second-order valence-corrected chi connectivity index (χ2v) is 11.9. The largest absolute Gasteiger partial charge is 0.456 e. The van der Waals surface area contributed by atoms with Crippen molar-refractivity contribution >= 4 is 27.6 Å². The molecule has 2 nitrogen and oxygen atoms in total. The quantitative estimate of drug-likeness (QED) is 0.212. The Morgan fingerprint density at radius 1 is 0.422 bits per heavy atom. The van der Waals surface area contributed by atoms with Crippen molar-refractivity contribution in [3.8, 4) is 33.4 Å². The molecule has 0 saturated heterocycles. The molecule has 0 amide bonds. The van der Waals surface area contributed by atoms with Gasteiger partial charge in [0.2, 0.25) is 0 Å². The maximum atomic E-state index is 6.63. The first kappa shape index (κ1) is 25.6. The third-order valence-electron chi connectivity index (χ3n) is 9.50. The number of rotatable bonds is 4. The molecule has 1 aliphatic rings. The molecule has 0 radical (unpaired) electrons. The Bertz CT molecular complexity index is 2310. The maximum absolute atomic E-state index is 6.63. The molecule has 1 heterocycles. The van der Waals surface area contributed by atoms with Crippen molar-refractivity contribution < 1.29 is 4.42 Å². The molecule has 212 valence electrons. The van der Waals surface area contributed by atoms with Gasteiger partial charge in [-0.2, -0.15) is 0 Å². The summed E-state index contributed by atoms with van der Waals surface area (Å²) in [4.78, 5) is 0. The number of hydrogen-bond donors (Lipinski definition) is 1. The van der Waals surface area contributed by atoms with Crippen molar-refractivity contribution in [1.29, 1.82) is 0 Å². The first-order valence-corrected chi connectivity index (χ1v) is 15.4. The SMILES string of the molecule is Nc1ccc2c(c1)C(c1ccccc1)(c1ccccc1)c1ccc3oc4cccc(-c5ccc(-c6ccccc6)cc5)c4c3c1-2. The topological polar surface area (TPSA) is 39.2 Å². The van der Waals surface area contributed by atoms with Gasteiger partial charge in [0.25, 0.3) is 0 Å². The average Bonchev–Trinajstić information content (AvgIpc) is 3.63. The van der Waals surface area contributed by atoms with Crippen molar-refractivity contribution in [3.05, 3.63) is 186 Å². The molecule has 0 atom stereocenters. The lowest BCUT2D eigenvalue weighted by Crippen LogP contribution is -2.28. The molecule has 9 rings (SSSR count). The molecule has 45 heavy (non-hydrogen) atoms. The summed E-state index contributed by atoms with van der Waals surface area (Å²) in [6.45, 7) is 0. The van der Waals surface area contributed by atoms with E-state index in [9.17, 15) is 0 Å². The van der Waals surface area contributed by atoms with Gasteiger partial charge >= 0.3 is 0 Å². The highest BCUT2D eigenvalue weighted by molar-refractivity contribution is 6.20. The summed E-state index contributed by atoms with van der Waals surface area (Å²) in [5.74, 6) is 0. The van der Waals surface area contributed by atoms with Crippen LogP contribution in [0, 0.1) is 0 Å². The molecule has 0 fully saturated rings. The molecule has 0 spiro atoms. The smallest absolute Gasteiger partial charge is 0.136 e. The molecular formula is C43H29NO. The second-order valence-electron chi connectivity index (χ2n) is 11.9. The van der Waals surface area contributed by atoms with Crippen LogP contribution in [0.15, 0.2) is 168 Å². The third kappa shape index (κ3) is 3.69. The fourth-order valence-electron chi connectivity index (χ4n) is 7.62. The first-order valence-electron chi connectivity index (χ1n) is 15.4. The molecule has 0 aliphatic heterocycles. The Hall–Kier alpha value is -5.86. The van der Waals surface area contributed by atoms with E-state index < -0.39 is 5.41 Å². The lowest BCUT2D eigenvalue weighted by molar-refractivity contribution is 0.668. The van der Waals surface area contributed by atoms with Crippen LogP contribution in [-0.2, 0) is 5.41 Å². The van der Waals surface area contributed by atoms with E-state index in [0.29, 0.717) is 0 Å². The van der Waals surface area contributed by atoms with Crippen molar-refractivity contribution in [2.24, 2.45) is 0 Å². The second kappa shape index (κ2) is 9.83. The number of furan rings is 1. The van der Waals surface area contributed by atoms with Gasteiger partial charge in [0.15, 0.2) is 0 Å². The molecule has 0 unspecified atom stereocenters.